The van der Waals surface area contributed by atoms with Gasteiger partial charge in [-0.2, -0.15) is 0 Å². The fourth-order valence-electron chi connectivity index (χ4n) is 4.14. The quantitative estimate of drug-likeness (QED) is 0.930. The Balaban J connectivity index is 1.32. The summed E-state index contributed by atoms with van der Waals surface area (Å²) in [5.41, 5.74) is 3.65. The average molecular weight is 335 g/mol. The molecule has 0 aromatic heterocycles. The van der Waals surface area contributed by atoms with Crippen molar-refractivity contribution in [3.05, 3.63) is 65.7 Å². The molecule has 2 aliphatic heterocycles. The zero-order chi connectivity index (χ0) is 17.2. The Morgan fingerprint density at radius 1 is 0.960 bits per heavy atom. The van der Waals surface area contributed by atoms with Crippen LogP contribution in [0.15, 0.2) is 54.6 Å². The standard InChI is InChI=1S/C21H25N3O/c1-16-7-5-6-8-17(16)11-23-12-18-14-24(15-19(18)13-23)21(25)22-20-9-3-2-4-10-20/h2-10,18-19H,11-15H2,1H3,(H,22,25)/t18-,19-/m1/s1. The number of carbonyl (C=O) groups is 1. The molecule has 0 aliphatic carbocycles. The molecule has 2 atom stereocenters. The van der Waals surface area contributed by atoms with Gasteiger partial charge in [-0.25, -0.2) is 4.79 Å². The van der Waals surface area contributed by atoms with Gasteiger partial charge in [0.1, 0.15) is 0 Å². The smallest absolute Gasteiger partial charge is 0.321 e. The third-order valence-corrected chi connectivity index (χ3v) is 5.53. The summed E-state index contributed by atoms with van der Waals surface area (Å²) in [5, 5.41) is 3.01. The lowest BCUT2D eigenvalue weighted by Crippen LogP contribution is -2.36. The highest BCUT2D eigenvalue weighted by molar-refractivity contribution is 5.89. The lowest BCUT2D eigenvalue weighted by molar-refractivity contribution is 0.212. The normalized spacial score (nSPS) is 22.8. The first-order valence-electron chi connectivity index (χ1n) is 9.07. The Hall–Kier alpha value is -2.33. The number of para-hydroxylation sites is 1. The number of urea groups is 1. The summed E-state index contributed by atoms with van der Waals surface area (Å²) in [5.74, 6) is 1.20. The van der Waals surface area contributed by atoms with Crippen LogP contribution in [0.25, 0.3) is 0 Å². The molecule has 0 unspecified atom stereocenters. The molecule has 2 amide bonds. The van der Waals surface area contributed by atoms with Gasteiger partial charge in [-0.1, -0.05) is 42.5 Å². The van der Waals surface area contributed by atoms with Crippen LogP contribution in [0, 0.1) is 18.8 Å². The van der Waals surface area contributed by atoms with Gasteiger partial charge in [0.2, 0.25) is 0 Å². The van der Waals surface area contributed by atoms with Gasteiger partial charge in [-0.15, -0.1) is 0 Å². The molecule has 2 heterocycles. The molecule has 2 aromatic carbocycles. The number of nitrogens with one attached hydrogen (secondary N) is 1. The maximum atomic E-state index is 12.5. The van der Waals surface area contributed by atoms with E-state index in [0.717, 1.165) is 38.4 Å². The molecule has 130 valence electrons. The third kappa shape index (κ3) is 3.54. The first kappa shape index (κ1) is 16.2. The van der Waals surface area contributed by atoms with Crippen molar-refractivity contribution >= 4 is 11.7 Å². The molecular weight excluding hydrogens is 310 g/mol. The van der Waals surface area contributed by atoms with Crippen LogP contribution in [-0.2, 0) is 6.54 Å². The maximum Gasteiger partial charge on any atom is 0.321 e. The average Bonchev–Trinajstić information content (AvgIpc) is 3.16. The Morgan fingerprint density at radius 3 is 2.28 bits per heavy atom. The van der Waals surface area contributed by atoms with Gasteiger partial charge >= 0.3 is 6.03 Å². The van der Waals surface area contributed by atoms with E-state index >= 15 is 0 Å². The van der Waals surface area contributed by atoms with Gasteiger partial charge < -0.3 is 10.2 Å². The maximum absolute atomic E-state index is 12.5. The molecule has 1 N–H and O–H groups in total. The van der Waals surface area contributed by atoms with E-state index in [4.69, 9.17) is 0 Å². The minimum absolute atomic E-state index is 0.0334. The lowest BCUT2D eigenvalue weighted by atomic mass is 10.0. The van der Waals surface area contributed by atoms with E-state index in [1.54, 1.807) is 0 Å². The second kappa shape index (κ2) is 6.89. The molecule has 4 rings (SSSR count). The van der Waals surface area contributed by atoms with Gasteiger partial charge in [-0.05, 0) is 42.0 Å². The first-order chi connectivity index (χ1) is 12.2. The van der Waals surface area contributed by atoms with Crippen molar-refractivity contribution in [2.24, 2.45) is 11.8 Å². The van der Waals surface area contributed by atoms with Crippen molar-refractivity contribution < 1.29 is 4.79 Å². The van der Waals surface area contributed by atoms with Gasteiger partial charge in [0.15, 0.2) is 0 Å². The number of fused-ring (bicyclic) bond motifs is 1. The van der Waals surface area contributed by atoms with Crippen molar-refractivity contribution in [3.8, 4) is 0 Å². The number of amides is 2. The van der Waals surface area contributed by atoms with E-state index in [0.29, 0.717) is 11.8 Å². The van der Waals surface area contributed by atoms with Gasteiger partial charge in [0.25, 0.3) is 0 Å². The first-order valence-corrected chi connectivity index (χ1v) is 9.07. The number of rotatable bonds is 3. The lowest BCUT2D eigenvalue weighted by Gasteiger charge is -2.22. The Labute approximate surface area is 149 Å². The van der Waals surface area contributed by atoms with Crippen LogP contribution in [0.5, 0.6) is 0 Å². The van der Waals surface area contributed by atoms with Crippen LogP contribution in [0.1, 0.15) is 11.1 Å². The monoisotopic (exact) mass is 335 g/mol. The number of carbonyl (C=O) groups excluding carboxylic acids is 1. The molecule has 4 heteroatoms. The summed E-state index contributed by atoms with van der Waals surface area (Å²) in [7, 11) is 0. The molecule has 0 saturated carbocycles. The van der Waals surface area contributed by atoms with Gasteiger partial charge in [0, 0.05) is 38.4 Å². The number of aryl methyl sites for hydroxylation is 1. The van der Waals surface area contributed by atoms with Crippen molar-refractivity contribution in [2.45, 2.75) is 13.5 Å². The topological polar surface area (TPSA) is 35.6 Å². The fourth-order valence-corrected chi connectivity index (χ4v) is 4.14. The van der Waals surface area contributed by atoms with E-state index in [9.17, 15) is 4.79 Å². The highest BCUT2D eigenvalue weighted by Crippen LogP contribution is 2.32. The number of hydrogen-bond acceptors (Lipinski definition) is 2. The Bertz CT molecular complexity index is 732. The van der Waals surface area contributed by atoms with E-state index in [2.05, 4.69) is 41.4 Å². The summed E-state index contributed by atoms with van der Waals surface area (Å²) in [6, 6.07) is 18.4. The fraction of sp³-hybridized carbons (Fsp3) is 0.381. The van der Waals surface area contributed by atoms with Gasteiger partial charge in [0.05, 0.1) is 0 Å². The second-order valence-electron chi connectivity index (χ2n) is 7.34. The van der Waals surface area contributed by atoms with Crippen LogP contribution < -0.4 is 5.32 Å². The van der Waals surface area contributed by atoms with Crippen LogP contribution >= 0.6 is 0 Å². The third-order valence-electron chi connectivity index (χ3n) is 5.53. The summed E-state index contributed by atoms with van der Waals surface area (Å²) in [6.45, 7) is 7.13. The summed E-state index contributed by atoms with van der Waals surface area (Å²) in [4.78, 5) is 17.0. The molecule has 2 saturated heterocycles. The Morgan fingerprint density at radius 2 is 1.60 bits per heavy atom. The highest BCUT2D eigenvalue weighted by atomic mass is 16.2. The zero-order valence-corrected chi connectivity index (χ0v) is 14.7. The number of likely N-dealkylation sites (tertiary alicyclic amines) is 2. The highest BCUT2D eigenvalue weighted by Gasteiger charge is 2.41. The SMILES string of the molecule is Cc1ccccc1CN1C[C@@H]2CN(C(=O)Nc3ccccc3)C[C@H]2C1. The molecule has 4 nitrogen and oxygen atoms in total. The molecule has 2 aliphatic rings. The van der Waals surface area contributed by atoms with Crippen LogP contribution in [-0.4, -0.2) is 42.0 Å². The summed E-state index contributed by atoms with van der Waals surface area (Å²) >= 11 is 0. The number of nitrogens with zero attached hydrogens (tertiary/aromatic N) is 2. The van der Waals surface area contributed by atoms with Crippen LogP contribution in [0.3, 0.4) is 0 Å². The Kier molecular flexibility index (Phi) is 4.45. The predicted molar refractivity (Wildman–Crippen MR) is 100 cm³/mol. The van der Waals surface area contributed by atoms with Crippen molar-refractivity contribution in [1.82, 2.24) is 9.80 Å². The minimum atomic E-state index is 0.0334. The molecule has 2 fully saturated rings. The van der Waals surface area contributed by atoms with E-state index in [-0.39, 0.29) is 6.03 Å². The number of hydrogen-bond donors (Lipinski definition) is 1. The summed E-state index contributed by atoms with van der Waals surface area (Å²) in [6.07, 6.45) is 0. The van der Waals surface area contributed by atoms with Crippen LogP contribution in [0.2, 0.25) is 0 Å². The van der Waals surface area contributed by atoms with E-state index < -0.39 is 0 Å². The number of anilines is 1. The molecule has 0 radical (unpaired) electrons. The van der Waals surface area contributed by atoms with Crippen molar-refractivity contribution in [1.29, 1.82) is 0 Å². The molecule has 25 heavy (non-hydrogen) atoms. The second-order valence-corrected chi connectivity index (χ2v) is 7.34. The van der Waals surface area contributed by atoms with E-state index in [1.807, 2.05) is 35.2 Å². The van der Waals surface area contributed by atoms with Crippen molar-refractivity contribution in [2.75, 3.05) is 31.5 Å². The molecular formula is C21H25N3O. The molecule has 0 bridgehead atoms. The minimum Gasteiger partial charge on any atom is -0.324 e. The largest absolute Gasteiger partial charge is 0.324 e. The molecule has 0 spiro atoms. The zero-order valence-electron chi connectivity index (χ0n) is 14.7. The summed E-state index contributed by atoms with van der Waals surface area (Å²) < 4.78 is 0. The van der Waals surface area contributed by atoms with E-state index in [1.165, 1.54) is 11.1 Å². The predicted octanol–water partition coefficient (Wildman–Crippen LogP) is 3.59. The molecule has 2 aromatic rings. The number of benzene rings is 2. The van der Waals surface area contributed by atoms with Crippen molar-refractivity contribution in [3.63, 3.8) is 0 Å². The van der Waals surface area contributed by atoms with Crippen LogP contribution in [0.4, 0.5) is 10.5 Å². The van der Waals surface area contributed by atoms with Gasteiger partial charge in [-0.3, -0.25) is 4.90 Å².